The van der Waals surface area contributed by atoms with Crippen LogP contribution in [0.5, 0.6) is 5.75 Å². The van der Waals surface area contributed by atoms with Crippen molar-refractivity contribution in [3.8, 4) is 17.1 Å². The summed E-state index contributed by atoms with van der Waals surface area (Å²) in [4.78, 5) is 5.50. The van der Waals surface area contributed by atoms with Crippen LogP contribution in [0.2, 0.25) is 0 Å². The lowest BCUT2D eigenvalue weighted by Gasteiger charge is -2.20. The number of rotatable bonds is 7. The molecule has 1 aliphatic heterocycles. The number of benzene rings is 2. The number of hydrogen-bond donors (Lipinski definition) is 3. The minimum absolute atomic E-state index is 0.00361. The Kier molecular flexibility index (Phi) is 7.54. The van der Waals surface area contributed by atoms with Crippen molar-refractivity contribution in [2.75, 3.05) is 13.2 Å². The van der Waals surface area contributed by atoms with E-state index in [2.05, 4.69) is 10.1 Å². The molecule has 2 heterocycles. The average Bonchev–Trinajstić information content (AvgIpc) is 3.48. The molecule has 4 rings (SSSR count). The Hall–Kier alpha value is -3.81. The second-order valence-corrected chi connectivity index (χ2v) is 8.75. The van der Waals surface area contributed by atoms with Gasteiger partial charge in [-0.2, -0.15) is 31.3 Å². The standard InChI is InChI=1S/C24H23F6N5O3/c25-23(26,27)15-6-3-13(4-7-15)2-1-9-37-19-8-5-14(10-17(19)24(28,29)30)20-33-21(38-34-20)18-11-16(36)12-35(18)22(31)32/h3-8,10,16,18,36H,1-2,9,11-12H2,(H3,31,32)/t16-,18+/m1/s1. The lowest BCUT2D eigenvalue weighted by molar-refractivity contribution is -0.139. The van der Waals surface area contributed by atoms with Crippen molar-refractivity contribution >= 4 is 5.96 Å². The number of halogens is 6. The Labute approximate surface area is 212 Å². The number of nitrogens with one attached hydrogen (secondary N) is 1. The van der Waals surface area contributed by atoms with Crippen molar-refractivity contribution in [2.45, 2.75) is 43.8 Å². The largest absolute Gasteiger partial charge is 0.493 e. The van der Waals surface area contributed by atoms with E-state index in [1.165, 1.54) is 23.1 Å². The first-order valence-electron chi connectivity index (χ1n) is 11.5. The third-order valence-electron chi connectivity index (χ3n) is 6.01. The summed E-state index contributed by atoms with van der Waals surface area (Å²) in [6.07, 6.45) is -9.24. The molecule has 1 fully saturated rings. The molecule has 0 radical (unpaired) electrons. The van der Waals surface area contributed by atoms with Gasteiger partial charge in [-0.05, 0) is 48.7 Å². The van der Waals surface area contributed by atoms with Gasteiger partial charge in [0.05, 0.1) is 23.8 Å². The van der Waals surface area contributed by atoms with Crippen LogP contribution < -0.4 is 10.5 Å². The zero-order valence-electron chi connectivity index (χ0n) is 19.7. The van der Waals surface area contributed by atoms with Crippen molar-refractivity contribution in [3.63, 3.8) is 0 Å². The summed E-state index contributed by atoms with van der Waals surface area (Å²) in [6.45, 7) is -0.0124. The first-order valence-corrected chi connectivity index (χ1v) is 11.5. The third kappa shape index (κ3) is 6.18. The number of aliphatic hydroxyl groups excluding tert-OH is 1. The van der Waals surface area contributed by atoms with Gasteiger partial charge in [-0.3, -0.25) is 5.41 Å². The lowest BCUT2D eigenvalue weighted by Crippen LogP contribution is -2.36. The topological polar surface area (TPSA) is 121 Å². The quantitative estimate of drug-likeness (QED) is 0.170. The zero-order chi connectivity index (χ0) is 27.7. The zero-order valence-corrected chi connectivity index (χ0v) is 19.7. The lowest BCUT2D eigenvalue weighted by atomic mass is 10.1. The summed E-state index contributed by atoms with van der Waals surface area (Å²) >= 11 is 0. The minimum atomic E-state index is -4.76. The maximum Gasteiger partial charge on any atom is 0.419 e. The summed E-state index contributed by atoms with van der Waals surface area (Å²) in [5, 5.41) is 21.3. The number of aromatic nitrogens is 2. The van der Waals surface area contributed by atoms with Gasteiger partial charge in [0, 0.05) is 18.5 Å². The van der Waals surface area contributed by atoms with Crippen LogP contribution in [-0.2, 0) is 18.8 Å². The number of aliphatic hydroxyl groups is 1. The summed E-state index contributed by atoms with van der Waals surface area (Å²) in [7, 11) is 0. The van der Waals surface area contributed by atoms with E-state index in [-0.39, 0.29) is 49.2 Å². The molecule has 1 aromatic heterocycles. The van der Waals surface area contributed by atoms with Gasteiger partial charge >= 0.3 is 12.4 Å². The van der Waals surface area contributed by atoms with Crippen molar-refractivity contribution in [1.82, 2.24) is 15.0 Å². The number of alkyl halides is 6. The second kappa shape index (κ2) is 10.5. The SMILES string of the molecule is N=C(N)N1C[C@H](O)C[C@H]1c1nc(-c2ccc(OCCCc3ccc(C(F)(F)F)cc3)c(C(F)(F)F)c2)no1. The van der Waals surface area contributed by atoms with Crippen LogP contribution >= 0.6 is 0 Å². The van der Waals surface area contributed by atoms with Gasteiger partial charge < -0.3 is 25.0 Å². The van der Waals surface area contributed by atoms with Crippen molar-refractivity contribution in [1.29, 1.82) is 5.41 Å². The molecule has 4 N–H and O–H groups in total. The Morgan fingerprint density at radius 1 is 1.11 bits per heavy atom. The fraction of sp³-hybridized carbons (Fsp3) is 0.375. The van der Waals surface area contributed by atoms with Gasteiger partial charge in [-0.15, -0.1) is 0 Å². The molecule has 0 aliphatic carbocycles. The number of β-amino-alcohol motifs (C(OH)–C–C–N with tert-alkyl or cyclic N) is 1. The fourth-order valence-corrected chi connectivity index (χ4v) is 4.14. The van der Waals surface area contributed by atoms with Crippen LogP contribution in [0, 0.1) is 5.41 Å². The molecular weight excluding hydrogens is 520 g/mol. The van der Waals surface area contributed by atoms with Crippen LogP contribution in [0.15, 0.2) is 47.0 Å². The maximum atomic E-state index is 13.8. The van der Waals surface area contributed by atoms with E-state index in [1.54, 1.807) is 0 Å². The Morgan fingerprint density at radius 3 is 2.45 bits per heavy atom. The van der Waals surface area contributed by atoms with Gasteiger partial charge in [-0.1, -0.05) is 17.3 Å². The van der Waals surface area contributed by atoms with E-state index in [4.69, 9.17) is 20.4 Å². The van der Waals surface area contributed by atoms with Crippen LogP contribution in [0.1, 0.15) is 41.5 Å². The van der Waals surface area contributed by atoms with Crippen LogP contribution in [0.3, 0.4) is 0 Å². The highest BCUT2D eigenvalue weighted by atomic mass is 19.4. The molecule has 1 aliphatic rings. The second-order valence-electron chi connectivity index (χ2n) is 8.75. The van der Waals surface area contributed by atoms with Crippen molar-refractivity contribution in [2.24, 2.45) is 5.73 Å². The van der Waals surface area contributed by atoms with Crippen LogP contribution in [-0.4, -0.2) is 45.4 Å². The number of hydrogen-bond acceptors (Lipinski definition) is 6. The van der Waals surface area contributed by atoms with E-state index < -0.39 is 41.4 Å². The molecule has 0 saturated carbocycles. The normalized spacial score (nSPS) is 18.1. The molecule has 0 bridgehead atoms. The highest BCUT2D eigenvalue weighted by Gasteiger charge is 2.38. The maximum absolute atomic E-state index is 13.8. The molecule has 204 valence electrons. The Morgan fingerprint density at radius 2 is 1.82 bits per heavy atom. The van der Waals surface area contributed by atoms with Gasteiger partial charge in [0.15, 0.2) is 5.96 Å². The Balaban J connectivity index is 1.44. The summed E-state index contributed by atoms with van der Waals surface area (Å²) in [6, 6.07) is 7.15. The number of likely N-dealkylation sites (tertiary alicyclic amines) is 1. The predicted octanol–water partition coefficient (Wildman–Crippen LogP) is 4.79. The van der Waals surface area contributed by atoms with Crippen molar-refractivity contribution < 1.29 is 40.7 Å². The van der Waals surface area contributed by atoms with E-state index in [1.807, 2.05) is 0 Å². The molecule has 0 unspecified atom stereocenters. The molecule has 2 aromatic carbocycles. The smallest absolute Gasteiger partial charge is 0.419 e. The van der Waals surface area contributed by atoms with E-state index in [0.717, 1.165) is 24.3 Å². The molecule has 8 nitrogen and oxygen atoms in total. The molecule has 0 spiro atoms. The molecule has 38 heavy (non-hydrogen) atoms. The molecule has 3 aromatic rings. The predicted molar refractivity (Wildman–Crippen MR) is 122 cm³/mol. The number of nitrogens with two attached hydrogens (primary N) is 1. The summed E-state index contributed by atoms with van der Waals surface area (Å²) in [5.74, 6) is -0.849. The highest BCUT2D eigenvalue weighted by molar-refractivity contribution is 5.75. The molecular formula is C24H23F6N5O3. The summed E-state index contributed by atoms with van der Waals surface area (Å²) in [5.41, 5.74) is 4.29. The number of nitrogens with zero attached hydrogens (tertiary/aromatic N) is 3. The van der Waals surface area contributed by atoms with E-state index >= 15 is 0 Å². The number of guanidine groups is 1. The average molecular weight is 543 g/mol. The number of ether oxygens (including phenoxy) is 1. The minimum Gasteiger partial charge on any atom is -0.493 e. The van der Waals surface area contributed by atoms with Gasteiger partial charge in [0.25, 0.3) is 0 Å². The molecule has 1 saturated heterocycles. The first kappa shape index (κ1) is 27.2. The molecule has 0 amide bonds. The number of aryl methyl sites for hydroxylation is 1. The molecule has 2 atom stereocenters. The van der Waals surface area contributed by atoms with Crippen LogP contribution in [0.4, 0.5) is 26.3 Å². The fourth-order valence-electron chi connectivity index (χ4n) is 4.14. The van der Waals surface area contributed by atoms with Crippen molar-refractivity contribution in [3.05, 3.63) is 65.0 Å². The van der Waals surface area contributed by atoms with Crippen LogP contribution in [0.25, 0.3) is 11.4 Å². The van der Waals surface area contributed by atoms with Gasteiger partial charge in [0.2, 0.25) is 11.7 Å². The molecule has 14 heteroatoms. The monoisotopic (exact) mass is 543 g/mol. The van der Waals surface area contributed by atoms with E-state index in [0.29, 0.717) is 12.0 Å². The summed E-state index contributed by atoms with van der Waals surface area (Å²) < 4.78 is 89.9. The Bertz CT molecular complexity index is 1280. The highest BCUT2D eigenvalue weighted by Crippen LogP contribution is 2.39. The van der Waals surface area contributed by atoms with Gasteiger partial charge in [-0.25, -0.2) is 0 Å². The van der Waals surface area contributed by atoms with E-state index in [9.17, 15) is 31.4 Å². The first-order chi connectivity index (χ1) is 17.8. The van der Waals surface area contributed by atoms with Gasteiger partial charge in [0.1, 0.15) is 11.8 Å². The third-order valence-corrected chi connectivity index (χ3v) is 6.01.